The number of hydrogen-bond donors (Lipinski definition) is 2. The number of carbonyl (C=O) groups is 1. The molecule has 1 unspecified atom stereocenters. The van der Waals surface area contributed by atoms with E-state index < -0.39 is 0 Å². The summed E-state index contributed by atoms with van der Waals surface area (Å²) in [6, 6.07) is -0.0875. The third kappa shape index (κ3) is 2.52. The number of carbonyl (C=O) groups excluding carboxylic acids is 1. The molecule has 1 amide bonds. The number of thiazole rings is 1. The molecular weight excluding hydrogens is 236 g/mol. The van der Waals surface area contributed by atoms with Gasteiger partial charge in [0.25, 0.3) is 5.91 Å². The van der Waals surface area contributed by atoms with Crippen molar-refractivity contribution in [1.29, 1.82) is 0 Å². The number of hydrogen-bond acceptors (Lipinski definition) is 4. The molecule has 17 heavy (non-hydrogen) atoms. The maximum Gasteiger partial charge on any atom is 0.255 e. The van der Waals surface area contributed by atoms with Gasteiger partial charge in [0, 0.05) is 16.8 Å². The molecule has 1 atom stereocenters. The van der Waals surface area contributed by atoms with Crippen LogP contribution in [-0.4, -0.2) is 21.1 Å². The van der Waals surface area contributed by atoms with Gasteiger partial charge in [0.2, 0.25) is 0 Å². The molecule has 0 bridgehead atoms. The molecule has 2 rings (SSSR count). The first-order chi connectivity index (χ1) is 8.08. The first-order valence-corrected chi connectivity index (χ1v) is 6.12. The second-order valence-electron chi connectivity index (χ2n) is 3.91. The van der Waals surface area contributed by atoms with Crippen LogP contribution in [0.25, 0.3) is 0 Å². The van der Waals surface area contributed by atoms with Crippen LogP contribution in [0, 0.1) is 13.8 Å². The Bertz CT molecular complexity index is 531. The van der Waals surface area contributed by atoms with E-state index in [0.29, 0.717) is 5.56 Å². The van der Waals surface area contributed by atoms with E-state index in [4.69, 9.17) is 0 Å². The number of nitrogens with one attached hydrogen (secondary N) is 2. The van der Waals surface area contributed by atoms with E-state index in [1.807, 2.05) is 27.0 Å². The van der Waals surface area contributed by atoms with Crippen molar-refractivity contribution in [2.75, 3.05) is 0 Å². The minimum absolute atomic E-state index is 0.0875. The molecular formula is C11H14N4OS. The summed E-state index contributed by atoms with van der Waals surface area (Å²) in [5, 5.41) is 10.4. The number of aromatic amines is 1. The van der Waals surface area contributed by atoms with Gasteiger partial charge in [-0.15, -0.1) is 11.3 Å². The Morgan fingerprint density at radius 3 is 2.76 bits per heavy atom. The van der Waals surface area contributed by atoms with Crippen molar-refractivity contribution in [3.8, 4) is 0 Å². The quantitative estimate of drug-likeness (QED) is 0.875. The lowest BCUT2D eigenvalue weighted by Gasteiger charge is -2.10. The minimum atomic E-state index is -0.128. The van der Waals surface area contributed by atoms with Crippen LogP contribution in [0.5, 0.6) is 0 Å². The van der Waals surface area contributed by atoms with Gasteiger partial charge in [-0.25, -0.2) is 4.98 Å². The van der Waals surface area contributed by atoms with Crippen LogP contribution >= 0.6 is 11.3 Å². The number of nitrogens with zero attached hydrogens (tertiary/aromatic N) is 2. The summed E-state index contributed by atoms with van der Waals surface area (Å²) in [5.74, 6) is -0.128. The molecule has 2 heterocycles. The van der Waals surface area contributed by atoms with Crippen LogP contribution in [0.2, 0.25) is 0 Å². The molecule has 0 aliphatic heterocycles. The zero-order valence-corrected chi connectivity index (χ0v) is 10.8. The predicted octanol–water partition coefficient (Wildman–Crippen LogP) is 1.97. The molecule has 90 valence electrons. The second-order valence-corrected chi connectivity index (χ2v) is 5.18. The SMILES string of the molecule is Cc1cnc(C(C)NC(=O)c2cn[nH]c2C)s1. The summed E-state index contributed by atoms with van der Waals surface area (Å²) in [4.78, 5) is 17.3. The molecule has 0 aliphatic rings. The number of amides is 1. The number of H-pyrrole nitrogens is 1. The summed E-state index contributed by atoms with van der Waals surface area (Å²) >= 11 is 1.59. The van der Waals surface area contributed by atoms with Crippen molar-refractivity contribution >= 4 is 17.2 Å². The van der Waals surface area contributed by atoms with Crippen LogP contribution < -0.4 is 5.32 Å². The fourth-order valence-corrected chi connectivity index (χ4v) is 2.26. The zero-order valence-electron chi connectivity index (χ0n) is 9.94. The molecule has 2 N–H and O–H groups in total. The predicted molar refractivity (Wildman–Crippen MR) is 66.1 cm³/mol. The van der Waals surface area contributed by atoms with Gasteiger partial charge in [-0.05, 0) is 20.8 Å². The van der Waals surface area contributed by atoms with Gasteiger partial charge >= 0.3 is 0 Å². The lowest BCUT2D eigenvalue weighted by atomic mass is 10.2. The average Bonchev–Trinajstić information content (AvgIpc) is 2.86. The van der Waals surface area contributed by atoms with E-state index in [2.05, 4.69) is 20.5 Å². The van der Waals surface area contributed by atoms with Crippen molar-refractivity contribution in [3.05, 3.63) is 33.5 Å². The number of rotatable bonds is 3. The van der Waals surface area contributed by atoms with Crippen molar-refractivity contribution in [2.24, 2.45) is 0 Å². The van der Waals surface area contributed by atoms with E-state index in [0.717, 1.165) is 15.6 Å². The van der Waals surface area contributed by atoms with E-state index in [-0.39, 0.29) is 11.9 Å². The molecule has 0 saturated heterocycles. The molecule has 0 radical (unpaired) electrons. The molecule has 2 aromatic heterocycles. The summed E-state index contributed by atoms with van der Waals surface area (Å²) in [6.07, 6.45) is 3.34. The summed E-state index contributed by atoms with van der Waals surface area (Å²) in [5.41, 5.74) is 1.34. The van der Waals surface area contributed by atoms with Crippen molar-refractivity contribution in [3.63, 3.8) is 0 Å². The third-order valence-corrected chi connectivity index (χ3v) is 3.53. The Morgan fingerprint density at radius 1 is 1.47 bits per heavy atom. The first kappa shape index (κ1) is 11.8. The molecule has 0 aliphatic carbocycles. The summed E-state index contributed by atoms with van der Waals surface area (Å²) < 4.78 is 0. The highest BCUT2D eigenvalue weighted by Crippen LogP contribution is 2.19. The normalized spacial score (nSPS) is 12.4. The fourth-order valence-electron chi connectivity index (χ4n) is 1.49. The molecule has 5 nitrogen and oxygen atoms in total. The largest absolute Gasteiger partial charge is 0.343 e. The number of aromatic nitrogens is 3. The summed E-state index contributed by atoms with van der Waals surface area (Å²) in [6.45, 7) is 5.74. The first-order valence-electron chi connectivity index (χ1n) is 5.31. The van der Waals surface area contributed by atoms with Gasteiger partial charge < -0.3 is 5.32 Å². The lowest BCUT2D eigenvalue weighted by molar-refractivity contribution is 0.0939. The third-order valence-electron chi connectivity index (χ3n) is 2.43. The van der Waals surface area contributed by atoms with Crippen LogP contribution in [0.3, 0.4) is 0 Å². The van der Waals surface area contributed by atoms with Crippen molar-refractivity contribution in [1.82, 2.24) is 20.5 Å². The Hall–Kier alpha value is -1.69. The smallest absolute Gasteiger partial charge is 0.255 e. The molecule has 0 saturated carbocycles. The van der Waals surface area contributed by atoms with Crippen LogP contribution in [0.1, 0.15) is 38.9 Å². The lowest BCUT2D eigenvalue weighted by Crippen LogP contribution is -2.26. The van der Waals surface area contributed by atoms with Gasteiger partial charge in [0.15, 0.2) is 0 Å². The maximum absolute atomic E-state index is 11.9. The molecule has 6 heteroatoms. The van der Waals surface area contributed by atoms with Gasteiger partial charge in [0.1, 0.15) is 5.01 Å². The Kier molecular flexibility index (Phi) is 3.23. The molecule has 0 spiro atoms. The molecule has 2 aromatic rings. The van der Waals surface area contributed by atoms with E-state index in [9.17, 15) is 4.79 Å². The maximum atomic E-state index is 11.9. The van der Waals surface area contributed by atoms with Gasteiger partial charge in [0.05, 0.1) is 17.8 Å². The highest BCUT2D eigenvalue weighted by Gasteiger charge is 2.16. The molecule has 0 fully saturated rings. The highest BCUT2D eigenvalue weighted by molar-refractivity contribution is 7.11. The van der Waals surface area contributed by atoms with Crippen LogP contribution in [-0.2, 0) is 0 Å². The number of aryl methyl sites for hydroxylation is 2. The Morgan fingerprint density at radius 2 is 2.24 bits per heavy atom. The highest BCUT2D eigenvalue weighted by atomic mass is 32.1. The van der Waals surface area contributed by atoms with Crippen molar-refractivity contribution < 1.29 is 4.79 Å². The minimum Gasteiger partial charge on any atom is -0.343 e. The van der Waals surface area contributed by atoms with Crippen molar-refractivity contribution in [2.45, 2.75) is 26.8 Å². The average molecular weight is 250 g/mol. The Balaban J connectivity index is 2.07. The van der Waals surface area contributed by atoms with Crippen LogP contribution in [0.4, 0.5) is 0 Å². The van der Waals surface area contributed by atoms with Gasteiger partial charge in [-0.1, -0.05) is 0 Å². The summed E-state index contributed by atoms with van der Waals surface area (Å²) in [7, 11) is 0. The fraction of sp³-hybridized carbons (Fsp3) is 0.364. The van der Waals surface area contributed by atoms with Crippen LogP contribution in [0.15, 0.2) is 12.4 Å². The standard InChI is InChI=1S/C11H14N4OS/c1-6-4-12-11(17-6)8(3)14-10(16)9-5-13-15-7(9)2/h4-5,8H,1-3H3,(H,13,15)(H,14,16). The zero-order chi connectivity index (χ0) is 12.4. The molecule has 0 aromatic carbocycles. The monoisotopic (exact) mass is 250 g/mol. The van der Waals surface area contributed by atoms with Gasteiger partial charge in [-0.2, -0.15) is 5.10 Å². The van der Waals surface area contributed by atoms with E-state index in [1.165, 1.54) is 6.20 Å². The van der Waals surface area contributed by atoms with E-state index in [1.54, 1.807) is 11.3 Å². The second kappa shape index (κ2) is 4.67. The topological polar surface area (TPSA) is 70.7 Å². The Labute approximate surface area is 103 Å². The van der Waals surface area contributed by atoms with E-state index >= 15 is 0 Å². The van der Waals surface area contributed by atoms with Gasteiger partial charge in [-0.3, -0.25) is 9.89 Å².